The highest BCUT2D eigenvalue weighted by molar-refractivity contribution is 6.02. The zero-order valence-electron chi connectivity index (χ0n) is 17.4. The van der Waals surface area contributed by atoms with Gasteiger partial charge in [0.25, 0.3) is 5.91 Å². The van der Waals surface area contributed by atoms with Crippen LogP contribution in [0.3, 0.4) is 0 Å². The highest BCUT2D eigenvalue weighted by atomic mass is 16.2. The van der Waals surface area contributed by atoms with Crippen molar-refractivity contribution < 1.29 is 9.59 Å². The molecule has 0 saturated carbocycles. The fraction of sp³-hybridized carbons (Fsp3) is 0.667. The predicted molar refractivity (Wildman–Crippen MR) is 110 cm³/mol. The molecule has 0 fully saturated rings. The van der Waals surface area contributed by atoms with Crippen molar-refractivity contribution in [1.82, 2.24) is 5.32 Å². The second-order valence-corrected chi connectivity index (χ2v) is 6.54. The van der Waals surface area contributed by atoms with Crippen LogP contribution in [0.25, 0.3) is 0 Å². The van der Waals surface area contributed by atoms with Crippen LogP contribution in [0, 0.1) is 11.8 Å². The monoisotopic (exact) mass is 363 g/mol. The molecule has 5 nitrogen and oxygen atoms in total. The van der Waals surface area contributed by atoms with E-state index in [-0.39, 0.29) is 29.6 Å². The van der Waals surface area contributed by atoms with E-state index < -0.39 is 0 Å². The molecule has 0 heterocycles. The summed E-state index contributed by atoms with van der Waals surface area (Å²) in [4.78, 5) is 28.7. The molecular weight excluding hydrogens is 326 g/mol. The molecule has 0 aliphatic heterocycles. The third-order valence-electron chi connectivity index (χ3n) is 4.93. The first-order valence-electron chi connectivity index (χ1n) is 9.83. The lowest BCUT2D eigenvalue weighted by atomic mass is 9.94. The Morgan fingerprint density at radius 3 is 1.77 bits per heavy atom. The number of allylic oxidation sites excluding steroid dienone is 4. The molecule has 0 aromatic rings. The van der Waals surface area contributed by atoms with Crippen LogP contribution in [0.5, 0.6) is 0 Å². The smallest absolute Gasteiger partial charge is 0.252 e. The summed E-state index contributed by atoms with van der Waals surface area (Å²) in [6, 6.07) is 0. The van der Waals surface area contributed by atoms with Crippen molar-refractivity contribution in [2.24, 2.45) is 22.6 Å². The lowest BCUT2D eigenvalue weighted by Crippen LogP contribution is -2.41. The van der Waals surface area contributed by atoms with Crippen molar-refractivity contribution in [2.75, 3.05) is 0 Å². The van der Waals surface area contributed by atoms with E-state index in [1.807, 2.05) is 33.8 Å². The number of nitrogens with zero attached hydrogens (tertiary/aromatic N) is 1. The van der Waals surface area contributed by atoms with Crippen LogP contribution in [0.15, 0.2) is 28.3 Å². The third kappa shape index (κ3) is 8.45. The van der Waals surface area contributed by atoms with Crippen LogP contribution in [-0.4, -0.2) is 17.8 Å². The van der Waals surface area contributed by atoms with Gasteiger partial charge in [0, 0.05) is 11.8 Å². The largest absolute Gasteiger partial charge is 0.369 e. The molecular formula is C21H37N3O2. The van der Waals surface area contributed by atoms with Gasteiger partial charge >= 0.3 is 0 Å². The maximum atomic E-state index is 12.4. The maximum Gasteiger partial charge on any atom is 0.252 e. The van der Waals surface area contributed by atoms with Crippen LogP contribution >= 0.6 is 0 Å². The Morgan fingerprint density at radius 1 is 0.923 bits per heavy atom. The van der Waals surface area contributed by atoms with Gasteiger partial charge in [0.05, 0.1) is 0 Å². The van der Waals surface area contributed by atoms with Crippen molar-refractivity contribution in [2.45, 2.75) is 80.1 Å². The summed E-state index contributed by atoms with van der Waals surface area (Å²) in [5, 5.41) is 2.60. The van der Waals surface area contributed by atoms with Gasteiger partial charge in [0.15, 0.2) is 0 Å². The van der Waals surface area contributed by atoms with Crippen molar-refractivity contribution >= 4 is 17.8 Å². The van der Waals surface area contributed by atoms with Gasteiger partial charge in [-0.05, 0) is 52.4 Å². The number of hydrogen-bond donors (Lipinski definition) is 2. The second kappa shape index (κ2) is 13.3. The number of amides is 2. The molecule has 0 radical (unpaired) electrons. The number of rotatable bonds is 10. The normalized spacial score (nSPS) is 15.5. The maximum absolute atomic E-state index is 12.4. The van der Waals surface area contributed by atoms with E-state index in [0.29, 0.717) is 25.7 Å². The number of carbonyl (C=O) groups is 2. The minimum Gasteiger partial charge on any atom is -0.369 e. The fourth-order valence-electron chi connectivity index (χ4n) is 2.86. The van der Waals surface area contributed by atoms with Crippen molar-refractivity contribution in [3.8, 4) is 0 Å². The first kappa shape index (κ1) is 24.1. The Morgan fingerprint density at radius 2 is 1.38 bits per heavy atom. The summed E-state index contributed by atoms with van der Waals surface area (Å²) in [6.07, 6.45) is 8.73. The molecule has 3 N–H and O–H groups in total. The first-order chi connectivity index (χ1) is 12.4. The molecule has 0 aliphatic rings. The Balaban J connectivity index is 4.96. The molecule has 0 aromatic carbocycles. The summed E-state index contributed by atoms with van der Waals surface area (Å²) in [5.41, 5.74) is 8.29. The zero-order chi connectivity index (χ0) is 20.1. The molecule has 0 saturated heterocycles. The van der Waals surface area contributed by atoms with E-state index in [4.69, 9.17) is 5.73 Å². The molecule has 0 aliphatic carbocycles. The highest BCUT2D eigenvalue weighted by Crippen LogP contribution is 2.20. The van der Waals surface area contributed by atoms with Crippen molar-refractivity contribution in [3.05, 3.63) is 23.3 Å². The Bertz CT molecular complexity index is 547. The van der Waals surface area contributed by atoms with Crippen LogP contribution in [0.1, 0.15) is 80.1 Å². The minimum atomic E-state index is -0.270. The molecule has 0 bridgehead atoms. The number of hydrogen-bond acceptors (Lipinski definition) is 2. The molecule has 5 heteroatoms. The Hall–Kier alpha value is -1.91. The van der Waals surface area contributed by atoms with Crippen LogP contribution in [0.4, 0.5) is 0 Å². The molecule has 26 heavy (non-hydrogen) atoms. The summed E-state index contributed by atoms with van der Waals surface area (Å²) >= 11 is 0. The lowest BCUT2D eigenvalue weighted by Gasteiger charge is -2.16. The summed E-state index contributed by atoms with van der Waals surface area (Å²) in [5.74, 6) is -0.914. The predicted octanol–water partition coefficient (Wildman–Crippen LogP) is 4.49. The highest BCUT2D eigenvalue weighted by Gasteiger charge is 2.20. The van der Waals surface area contributed by atoms with Crippen molar-refractivity contribution in [1.29, 1.82) is 0 Å². The molecule has 2 amide bonds. The standard InChI is InChI=1S/C21H37N3O2/c1-7-15(8-2)13-17(11-5)19(25)23-21(22)24-20(26)18(12-6)14-16(9-3)10-4/h7,9,17-18H,8,10-14H2,1-6H3,(H3,22,23,24,25,26)/b15-7-,16-9-. The lowest BCUT2D eigenvalue weighted by molar-refractivity contribution is -0.123. The third-order valence-corrected chi connectivity index (χ3v) is 4.93. The molecule has 0 aromatic heterocycles. The zero-order valence-corrected chi connectivity index (χ0v) is 17.4. The van der Waals surface area contributed by atoms with E-state index >= 15 is 0 Å². The number of aliphatic imine (C=N–C) groups is 1. The molecule has 2 atom stereocenters. The van der Waals surface area contributed by atoms with Gasteiger partial charge in [0.1, 0.15) is 0 Å². The van der Waals surface area contributed by atoms with Gasteiger partial charge in [-0.1, -0.05) is 51.0 Å². The summed E-state index contributed by atoms with van der Waals surface area (Å²) in [6.45, 7) is 12.1. The molecule has 2 unspecified atom stereocenters. The van der Waals surface area contributed by atoms with Crippen LogP contribution < -0.4 is 11.1 Å². The summed E-state index contributed by atoms with van der Waals surface area (Å²) < 4.78 is 0. The van der Waals surface area contributed by atoms with E-state index in [1.54, 1.807) is 0 Å². The van der Waals surface area contributed by atoms with Gasteiger partial charge in [-0.15, -0.1) is 0 Å². The topological polar surface area (TPSA) is 84.6 Å². The van der Waals surface area contributed by atoms with Gasteiger partial charge in [0.2, 0.25) is 11.9 Å². The molecule has 0 rings (SSSR count). The van der Waals surface area contributed by atoms with Gasteiger partial charge in [-0.3, -0.25) is 14.9 Å². The van der Waals surface area contributed by atoms with Gasteiger partial charge in [-0.2, -0.15) is 4.99 Å². The quantitative estimate of drug-likeness (QED) is 0.341. The summed E-state index contributed by atoms with van der Waals surface area (Å²) in [7, 11) is 0. The Kier molecular flexibility index (Phi) is 12.3. The van der Waals surface area contributed by atoms with Crippen molar-refractivity contribution in [3.63, 3.8) is 0 Å². The average Bonchev–Trinajstić information content (AvgIpc) is 2.63. The van der Waals surface area contributed by atoms with E-state index in [2.05, 4.69) is 30.2 Å². The molecule has 0 spiro atoms. The molecule has 148 valence electrons. The number of carbonyl (C=O) groups excluding carboxylic acids is 2. The minimum absolute atomic E-state index is 0.103. The van der Waals surface area contributed by atoms with E-state index in [9.17, 15) is 9.59 Å². The van der Waals surface area contributed by atoms with Gasteiger partial charge < -0.3 is 5.73 Å². The fourth-order valence-corrected chi connectivity index (χ4v) is 2.86. The van der Waals surface area contributed by atoms with E-state index in [1.165, 1.54) is 11.1 Å². The first-order valence-corrected chi connectivity index (χ1v) is 9.83. The number of nitrogens with one attached hydrogen (secondary N) is 1. The van der Waals surface area contributed by atoms with Crippen LogP contribution in [-0.2, 0) is 9.59 Å². The van der Waals surface area contributed by atoms with Gasteiger partial charge in [-0.25, -0.2) is 0 Å². The average molecular weight is 364 g/mol. The van der Waals surface area contributed by atoms with Crippen LogP contribution in [0.2, 0.25) is 0 Å². The van der Waals surface area contributed by atoms with E-state index in [0.717, 1.165) is 12.8 Å². The Labute approximate surface area is 159 Å². The number of guanidine groups is 1. The number of nitrogens with two attached hydrogens (primary N) is 1. The second-order valence-electron chi connectivity index (χ2n) is 6.54. The SMILES string of the molecule is C/C=C(/CC)CC(CC)C(=O)N=C(N)NC(=O)C(CC)C/C(=C\C)CC.